The van der Waals surface area contributed by atoms with Crippen molar-refractivity contribution in [3.8, 4) is 0 Å². The lowest BCUT2D eigenvalue weighted by molar-refractivity contribution is -0.139. The maximum Gasteiger partial charge on any atom is 0.243 e. The number of hydrogen-bond donors (Lipinski definition) is 1. The molecule has 0 saturated heterocycles. The van der Waals surface area contributed by atoms with Gasteiger partial charge in [0.2, 0.25) is 11.8 Å². The normalized spacial score (nSPS) is 12.6. The van der Waals surface area contributed by atoms with E-state index in [9.17, 15) is 9.59 Å². The smallest absolute Gasteiger partial charge is 0.243 e. The average molecular weight is 558 g/mol. The summed E-state index contributed by atoms with van der Waals surface area (Å²) < 4.78 is 0. The number of rotatable bonds is 12. The van der Waals surface area contributed by atoms with Crippen molar-refractivity contribution in [2.75, 3.05) is 5.75 Å². The number of halogens is 2. The highest BCUT2D eigenvalue weighted by molar-refractivity contribution is 7.99. The van der Waals surface area contributed by atoms with Crippen LogP contribution in [0, 0.1) is 6.92 Å². The topological polar surface area (TPSA) is 49.4 Å². The van der Waals surface area contributed by atoms with E-state index < -0.39 is 6.04 Å². The molecule has 3 aromatic rings. The minimum absolute atomic E-state index is 0.00290. The first-order valence-electron chi connectivity index (χ1n) is 12.5. The third kappa shape index (κ3) is 8.80. The molecule has 1 N–H and O–H groups in total. The van der Waals surface area contributed by atoms with Crippen LogP contribution in [-0.4, -0.2) is 34.6 Å². The standard InChI is InChI=1S/C30H34Cl2N2O2S/c1-4-22(3)33-30(36)28(17-23-11-6-5-7-12-23)34(18-24-14-15-26(31)27(32)16-24)29(35)20-37-19-25-13-9-8-10-21(25)2/h5-16,22,28H,4,17-20H2,1-3H3,(H,33,36)/t22-,28-/m1/s1. The third-order valence-electron chi connectivity index (χ3n) is 6.35. The van der Waals surface area contributed by atoms with Crippen LogP contribution in [0.5, 0.6) is 0 Å². The number of nitrogens with zero attached hydrogens (tertiary/aromatic N) is 1. The molecule has 2 amide bonds. The van der Waals surface area contributed by atoms with Crippen LogP contribution in [0.1, 0.15) is 42.5 Å². The van der Waals surface area contributed by atoms with E-state index in [1.807, 2.05) is 62.4 Å². The predicted octanol–water partition coefficient (Wildman–Crippen LogP) is 7.09. The number of nitrogens with one attached hydrogen (secondary N) is 1. The van der Waals surface area contributed by atoms with E-state index in [0.717, 1.165) is 23.3 Å². The molecular weight excluding hydrogens is 523 g/mol. The van der Waals surface area contributed by atoms with E-state index in [1.165, 1.54) is 11.1 Å². The molecule has 0 heterocycles. The third-order valence-corrected chi connectivity index (χ3v) is 8.06. The summed E-state index contributed by atoms with van der Waals surface area (Å²) in [5.74, 6) is 0.735. The quantitative estimate of drug-likeness (QED) is 0.259. The second-order valence-corrected chi connectivity index (χ2v) is 11.0. The fourth-order valence-electron chi connectivity index (χ4n) is 3.93. The molecule has 0 radical (unpaired) electrons. The molecule has 0 aliphatic rings. The van der Waals surface area contributed by atoms with Gasteiger partial charge < -0.3 is 10.2 Å². The maximum atomic E-state index is 13.7. The molecule has 2 atom stereocenters. The Hall–Kier alpha value is -2.47. The maximum absolute atomic E-state index is 13.7. The number of carbonyl (C=O) groups excluding carboxylic acids is 2. The number of carbonyl (C=O) groups is 2. The molecule has 3 aromatic carbocycles. The van der Waals surface area contributed by atoms with Gasteiger partial charge in [0.25, 0.3) is 0 Å². The average Bonchev–Trinajstić information content (AvgIpc) is 2.89. The molecule has 4 nitrogen and oxygen atoms in total. The SMILES string of the molecule is CC[C@@H](C)NC(=O)[C@@H](Cc1ccccc1)N(Cc1ccc(Cl)c(Cl)c1)C(=O)CSCc1ccccc1C. The number of thioether (sulfide) groups is 1. The molecular formula is C30H34Cl2N2O2S. The van der Waals surface area contributed by atoms with Crippen LogP contribution < -0.4 is 5.32 Å². The van der Waals surface area contributed by atoms with Crippen LogP contribution in [0.2, 0.25) is 10.0 Å². The van der Waals surface area contributed by atoms with Crippen LogP contribution in [0.25, 0.3) is 0 Å². The Balaban J connectivity index is 1.89. The Kier molecular flexibility index (Phi) is 11.4. The monoisotopic (exact) mass is 556 g/mol. The van der Waals surface area contributed by atoms with Gasteiger partial charge in [-0.15, -0.1) is 11.8 Å². The zero-order chi connectivity index (χ0) is 26.8. The van der Waals surface area contributed by atoms with Gasteiger partial charge in [-0.2, -0.15) is 0 Å². The Morgan fingerprint density at radius 2 is 1.65 bits per heavy atom. The fourth-order valence-corrected chi connectivity index (χ4v) is 5.24. The van der Waals surface area contributed by atoms with Crippen molar-refractivity contribution in [1.29, 1.82) is 0 Å². The van der Waals surface area contributed by atoms with Gasteiger partial charge in [0, 0.05) is 24.8 Å². The Morgan fingerprint density at radius 3 is 2.32 bits per heavy atom. The van der Waals surface area contributed by atoms with Crippen molar-refractivity contribution < 1.29 is 9.59 Å². The van der Waals surface area contributed by atoms with E-state index in [0.29, 0.717) is 16.5 Å². The first kappa shape index (κ1) is 29.1. The molecule has 37 heavy (non-hydrogen) atoms. The van der Waals surface area contributed by atoms with Gasteiger partial charge in [-0.3, -0.25) is 9.59 Å². The highest BCUT2D eigenvalue weighted by Gasteiger charge is 2.31. The second kappa shape index (κ2) is 14.5. The first-order chi connectivity index (χ1) is 17.8. The van der Waals surface area contributed by atoms with Crippen LogP contribution in [0.4, 0.5) is 0 Å². The molecule has 0 bridgehead atoms. The van der Waals surface area contributed by atoms with Crippen molar-refractivity contribution in [3.05, 3.63) is 105 Å². The summed E-state index contributed by atoms with van der Waals surface area (Å²) in [6, 6.07) is 22.6. The largest absolute Gasteiger partial charge is 0.352 e. The van der Waals surface area contributed by atoms with Gasteiger partial charge in [-0.25, -0.2) is 0 Å². The molecule has 3 rings (SSSR count). The van der Waals surface area contributed by atoms with Crippen LogP contribution >= 0.6 is 35.0 Å². The van der Waals surface area contributed by atoms with Gasteiger partial charge >= 0.3 is 0 Å². The fraction of sp³-hybridized carbons (Fsp3) is 0.333. The second-order valence-electron chi connectivity index (χ2n) is 9.21. The van der Waals surface area contributed by atoms with E-state index in [4.69, 9.17) is 23.2 Å². The van der Waals surface area contributed by atoms with E-state index in [1.54, 1.807) is 28.8 Å². The summed E-state index contributed by atoms with van der Waals surface area (Å²) in [6.45, 7) is 6.33. The first-order valence-corrected chi connectivity index (χ1v) is 14.4. The lowest BCUT2D eigenvalue weighted by atomic mass is 10.0. The van der Waals surface area contributed by atoms with Crippen molar-refractivity contribution >= 4 is 46.8 Å². The van der Waals surface area contributed by atoms with Gasteiger partial charge in [0.1, 0.15) is 6.04 Å². The predicted molar refractivity (Wildman–Crippen MR) is 156 cm³/mol. The number of hydrogen-bond acceptors (Lipinski definition) is 3. The van der Waals surface area contributed by atoms with E-state index in [-0.39, 0.29) is 30.2 Å². The summed E-state index contributed by atoms with van der Waals surface area (Å²) >= 11 is 14.0. The lowest BCUT2D eigenvalue weighted by Crippen LogP contribution is -2.52. The summed E-state index contributed by atoms with van der Waals surface area (Å²) in [6.07, 6.45) is 1.22. The molecule has 0 unspecified atom stereocenters. The molecule has 0 aliphatic carbocycles. The highest BCUT2D eigenvalue weighted by atomic mass is 35.5. The molecule has 0 spiro atoms. The van der Waals surface area contributed by atoms with Crippen molar-refractivity contribution in [2.45, 2.75) is 58.0 Å². The molecule has 196 valence electrons. The summed E-state index contributed by atoms with van der Waals surface area (Å²) in [5.41, 5.74) is 4.21. The van der Waals surface area contributed by atoms with Gasteiger partial charge in [0.05, 0.1) is 15.8 Å². The zero-order valence-electron chi connectivity index (χ0n) is 21.5. The Morgan fingerprint density at radius 1 is 0.946 bits per heavy atom. The van der Waals surface area contributed by atoms with Crippen LogP contribution in [0.3, 0.4) is 0 Å². The van der Waals surface area contributed by atoms with Gasteiger partial charge in [-0.05, 0) is 54.7 Å². The summed E-state index contributed by atoms with van der Waals surface area (Å²) in [7, 11) is 0. The summed E-state index contributed by atoms with van der Waals surface area (Å²) in [4.78, 5) is 29.0. The molecule has 0 saturated carbocycles. The van der Waals surface area contributed by atoms with E-state index in [2.05, 4.69) is 24.4 Å². The van der Waals surface area contributed by atoms with Gasteiger partial charge in [0.15, 0.2) is 0 Å². The van der Waals surface area contributed by atoms with Crippen molar-refractivity contribution in [1.82, 2.24) is 10.2 Å². The molecule has 7 heteroatoms. The minimum Gasteiger partial charge on any atom is -0.352 e. The number of aryl methyl sites for hydroxylation is 1. The molecule has 0 aromatic heterocycles. The Labute approximate surface area is 234 Å². The summed E-state index contributed by atoms with van der Waals surface area (Å²) in [5, 5.41) is 3.97. The molecule has 0 aliphatic heterocycles. The van der Waals surface area contributed by atoms with Crippen molar-refractivity contribution in [3.63, 3.8) is 0 Å². The Bertz CT molecular complexity index is 1190. The van der Waals surface area contributed by atoms with Crippen molar-refractivity contribution in [2.24, 2.45) is 0 Å². The van der Waals surface area contributed by atoms with E-state index >= 15 is 0 Å². The minimum atomic E-state index is -0.669. The number of benzene rings is 3. The van der Waals surface area contributed by atoms with Crippen LogP contribution in [-0.2, 0) is 28.3 Å². The lowest BCUT2D eigenvalue weighted by Gasteiger charge is -2.32. The highest BCUT2D eigenvalue weighted by Crippen LogP contribution is 2.25. The molecule has 0 fully saturated rings. The van der Waals surface area contributed by atoms with Crippen LogP contribution in [0.15, 0.2) is 72.8 Å². The number of amides is 2. The zero-order valence-corrected chi connectivity index (χ0v) is 23.9. The van der Waals surface area contributed by atoms with Gasteiger partial charge in [-0.1, -0.05) is 90.8 Å².